The number of nitrogens with two attached hydrogens (primary N) is 1. The van der Waals surface area contributed by atoms with Crippen LogP contribution in [0.15, 0.2) is 0 Å². The van der Waals surface area contributed by atoms with Gasteiger partial charge in [0.25, 0.3) is 0 Å². The van der Waals surface area contributed by atoms with E-state index in [1.807, 2.05) is 0 Å². The maximum atomic E-state index is 12.8. The zero-order chi connectivity index (χ0) is 21.1. The monoisotopic (exact) mass is 399 g/mol. The summed E-state index contributed by atoms with van der Waals surface area (Å²) >= 11 is 0. The SMILES string of the molecule is CC(C)C(NC(=O)C1CCCN1)C(=O)NC(CCCCN)C(=O)NCC(=O)O. The zero-order valence-corrected chi connectivity index (χ0v) is 16.6. The van der Waals surface area contributed by atoms with Crippen molar-refractivity contribution in [1.29, 1.82) is 0 Å². The number of aliphatic carboxylic acids is 1. The van der Waals surface area contributed by atoms with E-state index in [1.54, 1.807) is 13.8 Å². The van der Waals surface area contributed by atoms with E-state index in [0.29, 0.717) is 25.8 Å². The van der Waals surface area contributed by atoms with Crippen molar-refractivity contribution in [3.8, 4) is 0 Å². The molecule has 3 amide bonds. The maximum Gasteiger partial charge on any atom is 0.322 e. The summed E-state index contributed by atoms with van der Waals surface area (Å²) in [7, 11) is 0. The fraction of sp³-hybridized carbons (Fsp3) is 0.778. The van der Waals surface area contributed by atoms with Crippen molar-refractivity contribution in [3.05, 3.63) is 0 Å². The van der Waals surface area contributed by atoms with Gasteiger partial charge in [0.15, 0.2) is 0 Å². The number of amides is 3. The molecule has 10 heteroatoms. The highest BCUT2D eigenvalue weighted by molar-refractivity contribution is 5.93. The third-order valence-corrected chi connectivity index (χ3v) is 4.62. The van der Waals surface area contributed by atoms with E-state index < -0.39 is 36.4 Å². The van der Waals surface area contributed by atoms with Crippen LogP contribution in [0.25, 0.3) is 0 Å². The fourth-order valence-corrected chi connectivity index (χ4v) is 3.01. The molecule has 160 valence electrons. The molecule has 0 aromatic rings. The Morgan fingerprint density at radius 2 is 1.86 bits per heavy atom. The van der Waals surface area contributed by atoms with E-state index in [9.17, 15) is 19.2 Å². The van der Waals surface area contributed by atoms with Gasteiger partial charge < -0.3 is 32.1 Å². The van der Waals surface area contributed by atoms with Crippen LogP contribution in [0.5, 0.6) is 0 Å². The van der Waals surface area contributed by atoms with Crippen molar-refractivity contribution in [2.45, 2.75) is 64.1 Å². The van der Waals surface area contributed by atoms with Gasteiger partial charge in [-0.25, -0.2) is 0 Å². The largest absolute Gasteiger partial charge is 0.480 e. The van der Waals surface area contributed by atoms with Crippen LogP contribution in [0.1, 0.15) is 46.0 Å². The van der Waals surface area contributed by atoms with E-state index in [1.165, 1.54) is 0 Å². The molecule has 7 N–H and O–H groups in total. The summed E-state index contributed by atoms with van der Waals surface area (Å²) in [5.41, 5.74) is 5.47. The summed E-state index contributed by atoms with van der Waals surface area (Å²) < 4.78 is 0. The fourth-order valence-electron chi connectivity index (χ4n) is 3.01. The lowest BCUT2D eigenvalue weighted by Crippen LogP contribution is -2.57. The van der Waals surface area contributed by atoms with Crippen LogP contribution in [0.4, 0.5) is 0 Å². The molecule has 1 rings (SSSR count). The van der Waals surface area contributed by atoms with Gasteiger partial charge in [-0.05, 0) is 51.1 Å². The Hall–Kier alpha value is -2.20. The molecule has 0 saturated carbocycles. The van der Waals surface area contributed by atoms with Crippen molar-refractivity contribution in [1.82, 2.24) is 21.3 Å². The molecule has 3 atom stereocenters. The second-order valence-electron chi connectivity index (χ2n) is 7.34. The molecule has 1 heterocycles. The second kappa shape index (κ2) is 12.3. The van der Waals surface area contributed by atoms with Crippen molar-refractivity contribution in [2.24, 2.45) is 11.7 Å². The lowest BCUT2D eigenvalue weighted by Gasteiger charge is -2.26. The van der Waals surface area contributed by atoms with Gasteiger partial charge in [0.1, 0.15) is 18.6 Å². The van der Waals surface area contributed by atoms with Crippen LogP contribution >= 0.6 is 0 Å². The third-order valence-electron chi connectivity index (χ3n) is 4.62. The zero-order valence-electron chi connectivity index (χ0n) is 16.6. The lowest BCUT2D eigenvalue weighted by molar-refractivity contribution is -0.138. The van der Waals surface area contributed by atoms with Crippen molar-refractivity contribution < 1.29 is 24.3 Å². The standard InChI is InChI=1S/C18H33N5O5/c1-11(2)15(23-17(27)12-7-5-9-20-12)18(28)22-13(6-3-4-8-19)16(26)21-10-14(24)25/h11-13,15,20H,3-10,19H2,1-2H3,(H,21,26)(H,22,28)(H,23,27)(H,24,25). The summed E-state index contributed by atoms with van der Waals surface area (Å²) in [6, 6.07) is -1.99. The molecular formula is C18H33N5O5. The number of carboxylic acid groups (broad SMARTS) is 1. The van der Waals surface area contributed by atoms with E-state index >= 15 is 0 Å². The minimum absolute atomic E-state index is 0.183. The van der Waals surface area contributed by atoms with Gasteiger partial charge in [-0.1, -0.05) is 13.8 Å². The summed E-state index contributed by atoms with van der Waals surface area (Å²) in [6.07, 6.45) is 3.24. The topological polar surface area (TPSA) is 163 Å². The van der Waals surface area contributed by atoms with E-state index in [-0.39, 0.29) is 17.9 Å². The number of nitrogens with one attached hydrogen (secondary N) is 4. The summed E-state index contributed by atoms with van der Waals surface area (Å²) in [6.45, 7) is 4.31. The summed E-state index contributed by atoms with van der Waals surface area (Å²) in [5.74, 6) is -2.63. The van der Waals surface area contributed by atoms with Crippen molar-refractivity contribution in [2.75, 3.05) is 19.6 Å². The van der Waals surface area contributed by atoms with Crippen LogP contribution in [-0.2, 0) is 19.2 Å². The Labute approximate surface area is 165 Å². The predicted molar refractivity (Wildman–Crippen MR) is 103 cm³/mol. The number of hydrogen-bond donors (Lipinski definition) is 6. The Bertz CT molecular complexity index is 548. The highest BCUT2D eigenvalue weighted by Crippen LogP contribution is 2.09. The Morgan fingerprint density at radius 3 is 2.39 bits per heavy atom. The normalized spacial score (nSPS) is 18.4. The molecule has 0 aromatic carbocycles. The van der Waals surface area contributed by atoms with E-state index in [2.05, 4.69) is 21.3 Å². The molecule has 1 fully saturated rings. The minimum Gasteiger partial charge on any atom is -0.480 e. The van der Waals surface area contributed by atoms with Gasteiger partial charge in [-0.3, -0.25) is 19.2 Å². The first-order chi connectivity index (χ1) is 13.3. The molecule has 0 aliphatic carbocycles. The summed E-state index contributed by atoms with van der Waals surface area (Å²) in [5, 5.41) is 19.5. The molecule has 1 saturated heterocycles. The highest BCUT2D eigenvalue weighted by atomic mass is 16.4. The van der Waals surface area contributed by atoms with Crippen LogP contribution in [-0.4, -0.2) is 66.6 Å². The number of carbonyl (C=O) groups is 4. The van der Waals surface area contributed by atoms with Crippen molar-refractivity contribution >= 4 is 23.7 Å². The molecule has 10 nitrogen and oxygen atoms in total. The number of unbranched alkanes of at least 4 members (excludes halogenated alkanes) is 1. The first kappa shape index (κ1) is 23.8. The second-order valence-corrected chi connectivity index (χ2v) is 7.34. The summed E-state index contributed by atoms with van der Waals surface area (Å²) in [4.78, 5) is 48.1. The quantitative estimate of drug-likeness (QED) is 0.222. The van der Waals surface area contributed by atoms with Gasteiger partial charge in [-0.15, -0.1) is 0 Å². The highest BCUT2D eigenvalue weighted by Gasteiger charge is 2.31. The van der Waals surface area contributed by atoms with E-state index in [4.69, 9.17) is 10.8 Å². The average molecular weight is 399 g/mol. The predicted octanol–water partition coefficient (Wildman–Crippen LogP) is -1.31. The van der Waals surface area contributed by atoms with Crippen LogP contribution < -0.4 is 27.0 Å². The molecule has 28 heavy (non-hydrogen) atoms. The average Bonchev–Trinajstić information content (AvgIpc) is 3.17. The molecule has 0 bridgehead atoms. The Morgan fingerprint density at radius 1 is 1.14 bits per heavy atom. The third kappa shape index (κ3) is 8.22. The Balaban J connectivity index is 2.74. The van der Waals surface area contributed by atoms with Gasteiger partial charge in [0.05, 0.1) is 6.04 Å². The van der Waals surface area contributed by atoms with Gasteiger partial charge in [0.2, 0.25) is 17.7 Å². The molecular weight excluding hydrogens is 366 g/mol. The molecule has 1 aliphatic heterocycles. The number of rotatable bonds is 12. The number of hydrogen-bond acceptors (Lipinski definition) is 6. The van der Waals surface area contributed by atoms with Crippen molar-refractivity contribution in [3.63, 3.8) is 0 Å². The van der Waals surface area contributed by atoms with E-state index in [0.717, 1.165) is 19.4 Å². The molecule has 0 radical (unpaired) electrons. The molecule has 3 unspecified atom stereocenters. The van der Waals surface area contributed by atoms with Gasteiger partial charge in [-0.2, -0.15) is 0 Å². The van der Waals surface area contributed by atoms with Crippen LogP contribution in [0.2, 0.25) is 0 Å². The first-order valence-electron chi connectivity index (χ1n) is 9.80. The molecule has 0 aromatic heterocycles. The van der Waals surface area contributed by atoms with Crippen LogP contribution in [0.3, 0.4) is 0 Å². The number of carbonyl (C=O) groups excluding carboxylic acids is 3. The number of carboxylic acids is 1. The first-order valence-corrected chi connectivity index (χ1v) is 9.80. The van der Waals surface area contributed by atoms with Crippen LogP contribution in [0, 0.1) is 5.92 Å². The Kier molecular flexibility index (Phi) is 10.5. The maximum absolute atomic E-state index is 12.8. The molecule has 1 aliphatic rings. The van der Waals surface area contributed by atoms with Gasteiger partial charge >= 0.3 is 5.97 Å². The molecule has 0 spiro atoms. The smallest absolute Gasteiger partial charge is 0.322 e. The van der Waals surface area contributed by atoms with Gasteiger partial charge in [0, 0.05) is 0 Å². The minimum atomic E-state index is -1.17. The lowest BCUT2D eigenvalue weighted by atomic mass is 10.0.